The zero-order chi connectivity index (χ0) is 10.1. The van der Waals surface area contributed by atoms with E-state index in [0.717, 1.165) is 0 Å². The molecule has 0 aliphatic carbocycles. The molecule has 2 rings (SSSR count). The molecule has 0 radical (unpaired) electrons. The topological polar surface area (TPSA) is 71.2 Å². The van der Waals surface area contributed by atoms with Gasteiger partial charge < -0.3 is 10.0 Å². The van der Waals surface area contributed by atoms with E-state index in [1.807, 2.05) is 5.38 Å². The highest BCUT2D eigenvalue weighted by molar-refractivity contribution is 7.13. The van der Waals surface area contributed by atoms with Crippen molar-refractivity contribution >= 4 is 23.9 Å². The van der Waals surface area contributed by atoms with Crippen LogP contribution in [0.3, 0.4) is 0 Å². The van der Waals surface area contributed by atoms with Crippen molar-refractivity contribution in [2.45, 2.75) is 0 Å². The van der Waals surface area contributed by atoms with E-state index in [1.165, 1.54) is 16.0 Å². The normalized spacial score (nSPS) is 10.5. The minimum absolute atomic E-state index is 0.377. The van der Waals surface area contributed by atoms with Gasteiger partial charge in [0.05, 0.1) is 0 Å². The number of hydrogen-bond donors (Lipinski definition) is 2. The standard InChI is InChI=1S/C7H8BN3O2S/c1-11-4-5(8(12)13)6(10-11)7-9-2-3-14-7/h2-4,12-13H,1H3. The first-order valence-electron chi connectivity index (χ1n) is 3.98. The van der Waals surface area contributed by atoms with Gasteiger partial charge in [-0.3, -0.25) is 4.68 Å². The fourth-order valence-electron chi connectivity index (χ4n) is 1.20. The lowest BCUT2D eigenvalue weighted by molar-refractivity contribution is 0.426. The minimum atomic E-state index is -1.51. The Balaban J connectivity index is 2.52. The summed E-state index contributed by atoms with van der Waals surface area (Å²) in [7, 11) is 0.214. The van der Waals surface area contributed by atoms with Gasteiger partial charge in [-0.05, 0) is 0 Å². The highest BCUT2D eigenvalue weighted by Gasteiger charge is 2.21. The van der Waals surface area contributed by atoms with Crippen LogP contribution >= 0.6 is 11.3 Å². The van der Waals surface area contributed by atoms with Crippen molar-refractivity contribution in [2.75, 3.05) is 0 Å². The Morgan fingerprint density at radius 2 is 2.29 bits per heavy atom. The van der Waals surface area contributed by atoms with E-state index in [0.29, 0.717) is 16.2 Å². The van der Waals surface area contributed by atoms with Crippen LogP contribution in [0.2, 0.25) is 0 Å². The van der Waals surface area contributed by atoms with Crippen molar-refractivity contribution < 1.29 is 10.0 Å². The molecule has 7 heteroatoms. The molecule has 2 N–H and O–H groups in total. The molecule has 0 atom stereocenters. The Bertz CT molecular complexity index is 426. The van der Waals surface area contributed by atoms with E-state index < -0.39 is 7.12 Å². The quantitative estimate of drug-likeness (QED) is 0.636. The Morgan fingerprint density at radius 3 is 2.86 bits per heavy atom. The number of thiazole rings is 1. The molecule has 5 nitrogen and oxygen atoms in total. The Hall–Kier alpha value is -1.18. The van der Waals surface area contributed by atoms with Crippen molar-refractivity contribution in [3.8, 4) is 10.7 Å². The molecule has 0 amide bonds. The molecule has 0 aromatic carbocycles. The summed E-state index contributed by atoms with van der Waals surface area (Å²) in [4.78, 5) is 4.06. The van der Waals surface area contributed by atoms with Crippen LogP contribution in [0.25, 0.3) is 10.7 Å². The number of rotatable bonds is 2. The molecule has 2 aromatic heterocycles. The summed E-state index contributed by atoms with van der Waals surface area (Å²) in [5.41, 5.74) is 0.903. The van der Waals surface area contributed by atoms with E-state index in [1.54, 1.807) is 19.4 Å². The molecule has 0 bridgehead atoms. The maximum atomic E-state index is 9.10. The lowest BCUT2D eigenvalue weighted by Gasteiger charge is -1.95. The van der Waals surface area contributed by atoms with Gasteiger partial charge >= 0.3 is 7.12 Å². The summed E-state index contributed by atoms with van der Waals surface area (Å²) in [5.74, 6) is 0. The molecular formula is C7H8BN3O2S. The van der Waals surface area contributed by atoms with Crippen molar-refractivity contribution in [2.24, 2.45) is 7.05 Å². The lowest BCUT2D eigenvalue weighted by Crippen LogP contribution is -2.30. The third-order valence-corrected chi connectivity index (χ3v) is 2.55. The summed E-state index contributed by atoms with van der Waals surface area (Å²) >= 11 is 1.41. The molecule has 0 fully saturated rings. The SMILES string of the molecule is Cn1cc(B(O)O)c(-c2nccs2)n1. The zero-order valence-electron chi connectivity index (χ0n) is 7.45. The maximum Gasteiger partial charge on any atom is 0.492 e. The summed E-state index contributed by atoms with van der Waals surface area (Å²) in [6.45, 7) is 0. The van der Waals surface area contributed by atoms with Gasteiger partial charge in [0.1, 0.15) is 10.7 Å². The number of aromatic nitrogens is 3. The molecule has 2 heterocycles. The van der Waals surface area contributed by atoms with Gasteiger partial charge in [-0.25, -0.2) is 4.98 Å². The molecule has 0 unspecified atom stereocenters. The van der Waals surface area contributed by atoms with Crippen LogP contribution < -0.4 is 5.46 Å². The first-order chi connectivity index (χ1) is 6.68. The zero-order valence-corrected chi connectivity index (χ0v) is 8.27. The monoisotopic (exact) mass is 209 g/mol. The van der Waals surface area contributed by atoms with Crippen molar-refractivity contribution in [1.29, 1.82) is 0 Å². The Kier molecular flexibility index (Phi) is 2.36. The van der Waals surface area contributed by atoms with Crippen LogP contribution in [-0.2, 0) is 7.05 Å². The van der Waals surface area contributed by atoms with Crippen LogP contribution in [0, 0.1) is 0 Å². The minimum Gasteiger partial charge on any atom is -0.423 e. The van der Waals surface area contributed by atoms with Crippen LogP contribution in [0.15, 0.2) is 17.8 Å². The van der Waals surface area contributed by atoms with Crippen LogP contribution in [0.4, 0.5) is 0 Å². The molecule has 2 aromatic rings. The third kappa shape index (κ3) is 1.57. The average molecular weight is 209 g/mol. The van der Waals surface area contributed by atoms with E-state index in [-0.39, 0.29) is 0 Å². The fourth-order valence-corrected chi connectivity index (χ4v) is 1.84. The molecule has 0 aliphatic heterocycles. The molecule has 0 aliphatic rings. The number of aryl methyl sites for hydroxylation is 1. The van der Waals surface area contributed by atoms with Crippen LogP contribution in [0.5, 0.6) is 0 Å². The molecule has 14 heavy (non-hydrogen) atoms. The predicted molar refractivity (Wildman–Crippen MR) is 54.1 cm³/mol. The van der Waals surface area contributed by atoms with E-state index in [4.69, 9.17) is 10.0 Å². The van der Waals surface area contributed by atoms with E-state index in [9.17, 15) is 0 Å². The molecule has 0 spiro atoms. The molecule has 0 saturated carbocycles. The van der Waals surface area contributed by atoms with Crippen molar-refractivity contribution in [3.63, 3.8) is 0 Å². The highest BCUT2D eigenvalue weighted by atomic mass is 32.1. The molecule has 0 saturated heterocycles. The summed E-state index contributed by atoms with van der Waals surface area (Å²) < 4.78 is 1.53. The van der Waals surface area contributed by atoms with Crippen LogP contribution in [0.1, 0.15) is 0 Å². The summed E-state index contributed by atoms with van der Waals surface area (Å²) in [5, 5.41) is 24.8. The second-order valence-corrected chi connectivity index (χ2v) is 3.71. The molecular weight excluding hydrogens is 201 g/mol. The predicted octanol–water partition coefficient (Wildman–Crippen LogP) is -0.777. The van der Waals surface area contributed by atoms with Gasteiger partial charge in [0.2, 0.25) is 0 Å². The largest absolute Gasteiger partial charge is 0.492 e. The Labute approximate surface area is 84.8 Å². The third-order valence-electron chi connectivity index (χ3n) is 1.77. The van der Waals surface area contributed by atoms with Crippen LogP contribution in [-0.4, -0.2) is 31.9 Å². The summed E-state index contributed by atoms with van der Waals surface area (Å²) in [6, 6.07) is 0. The van der Waals surface area contributed by atoms with Gasteiger partial charge in [-0.15, -0.1) is 11.3 Å². The first-order valence-corrected chi connectivity index (χ1v) is 4.86. The number of nitrogens with zero attached hydrogens (tertiary/aromatic N) is 3. The second kappa shape index (κ2) is 3.53. The molecule has 72 valence electrons. The Morgan fingerprint density at radius 1 is 1.50 bits per heavy atom. The smallest absolute Gasteiger partial charge is 0.423 e. The van der Waals surface area contributed by atoms with E-state index >= 15 is 0 Å². The summed E-state index contributed by atoms with van der Waals surface area (Å²) in [6.07, 6.45) is 3.23. The lowest BCUT2D eigenvalue weighted by atomic mass is 9.81. The van der Waals surface area contributed by atoms with Gasteiger partial charge in [-0.2, -0.15) is 5.10 Å². The van der Waals surface area contributed by atoms with Gasteiger partial charge in [0.15, 0.2) is 0 Å². The van der Waals surface area contributed by atoms with Gasteiger partial charge in [0, 0.05) is 30.3 Å². The van der Waals surface area contributed by atoms with Gasteiger partial charge in [-0.1, -0.05) is 0 Å². The second-order valence-electron chi connectivity index (χ2n) is 2.82. The average Bonchev–Trinajstić information content (AvgIpc) is 2.70. The first kappa shape index (κ1) is 9.38. The number of hydrogen-bond acceptors (Lipinski definition) is 5. The van der Waals surface area contributed by atoms with Gasteiger partial charge in [0.25, 0.3) is 0 Å². The van der Waals surface area contributed by atoms with Crippen molar-refractivity contribution in [1.82, 2.24) is 14.8 Å². The fraction of sp³-hybridized carbons (Fsp3) is 0.143. The van der Waals surface area contributed by atoms with E-state index in [2.05, 4.69) is 10.1 Å². The van der Waals surface area contributed by atoms with Crippen molar-refractivity contribution in [3.05, 3.63) is 17.8 Å². The maximum absolute atomic E-state index is 9.10. The highest BCUT2D eigenvalue weighted by Crippen LogP contribution is 2.17.